The molecular weight excluding hydrogens is 206 g/mol. The first-order valence-electron chi connectivity index (χ1n) is 5.36. The van der Waals surface area contributed by atoms with Crippen LogP contribution in [0.25, 0.3) is 0 Å². The SMILES string of the molecule is Cn1cc(C2CNC(=O)O2)c(C(C)(C)C)n1. The summed E-state index contributed by atoms with van der Waals surface area (Å²) < 4.78 is 6.96. The lowest BCUT2D eigenvalue weighted by Crippen LogP contribution is -2.17. The van der Waals surface area contributed by atoms with Crippen LogP contribution in [0.1, 0.15) is 38.1 Å². The smallest absolute Gasteiger partial charge is 0.407 e. The highest BCUT2D eigenvalue weighted by molar-refractivity contribution is 5.69. The Morgan fingerprint density at radius 3 is 2.75 bits per heavy atom. The number of aryl methyl sites for hydroxylation is 1. The summed E-state index contributed by atoms with van der Waals surface area (Å²) in [7, 11) is 1.88. The standard InChI is InChI=1S/C11H17N3O2/c1-11(2,3)9-7(6-14(4)13-9)8-5-12-10(15)16-8/h6,8H,5H2,1-4H3,(H,12,15). The Bertz CT molecular complexity index is 417. The van der Waals surface area contributed by atoms with E-state index in [2.05, 4.69) is 31.2 Å². The van der Waals surface area contributed by atoms with Crippen molar-refractivity contribution in [3.63, 3.8) is 0 Å². The van der Waals surface area contributed by atoms with E-state index in [9.17, 15) is 4.79 Å². The number of carbonyl (C=O) groups is 1. The fraction of sp³-hybridized carbons (Fsp3) is 0.636. The molecular formula is C11H17N3O2. The lowest BCUT2D eigenvalue weighted by atomic mass is 9.88. The maximum absolute atomic E-state index is 11.0. The Hall–Kier alpha value is -1.52. The van der Waals surface area contributed by atoms with Gasteiger partial charge >= 0.3 is 6.09 Å². The highest BCUT2D eigenvalue weighted by Crippen LogP contribution is 2.31. The molecule has 16 heavy (non-hydrogen) atoms. The number of alkyl carbamates (subject to hydrolysis) is 1. The lowest BCUT2D eigenvalue weighted by Gasteiger charge is -2.19. The second kappa shape index (κ2) is 3.50. The van der Waals surface area contributed by atoms with E-state index in [1.807, 2.05) is 13.2 Å². The molecule has 1 atom stereocenters. The van der Waals surface area contributed by atoms with Crippen molar-refractivity contribution < 1.29 is 9.53 Å². The third kappa shape index (κ3) is 1.89. The van der Waals surface area contributed by atoms with Crippen molar-refractivity contribution in [2.24, 2.45) is 7.05 Å². The van der Waals surface area contributed by atoms with Crippen LogP contribution < -0.4 is 5.32 Å². The molecule has 2 heterocycles. The van der Waals surface area contributed by atoms with Crippen LogP contribution >= 0.6 is 0 Å². The van der Waals surface area contributed by atoms with Gasteiger partial charge in [0, 0.05) is 24.2 Å². The van der Waals surface area contributed by atoms with E-state index in [1.165, 1.54) is 0 Å². The van der Waals surface area contributed by atoms with E-state index in [0.29, 0.717) is 6.54 Å². The van der Waals surface area contributed by atoms with Gasteiger partial charge in [-0.2, -0.15) is 5.10 Å². The number of carbonyl (C=O) groups excluding carboxylic acids is 1. The van der Waals surface area contributed by atoms with Crippen molar-refractivity contribution in [2.75, 3.05) is 6.54 Å². The Balaban J connectivity index is 2.37. The highest BCUT2D eigenvalue weighted by atomic mass is 16.6. The summed E-state index contributed by atoms with van der Waals surface area (Å²) in [5, 5.41) is 7.11. The first kappa shape index (κ1) is 11.0. The number of hydrogen-bond donors (Lipinski definition) is 1. The van der Waals surface area contributed by atoms with Crippen molar-refractivity contribution in [2.45, 2.75) is 32.3 Å². The maximum Gasteiger partial charge on any atom is 0.407 e. The van der Waals surface area contributed by atoms with Crippen molar-refractivity contribution in [1.29, 1.82) is 0 Å². The van der Waals surface area contributed by atoms with Gasteiger partial charge in [0.25, 0.3) is 0 Å². The molecule has 1 aliphatic heterocycles. The molecule has 0 saturated carbocycles. The predicted molar refractivity (Wildman–Crippen MR) is 59.1 cm³/mol. The molecule has 1 N–H and O–H groups in total. The summed E-state index contributed by atoms with van der Waals surface area (Å²) in [4.78, 5) is 11.0. The number of rotatable bonds is 1. The van der Waals surface area contributed by atoms with Crippen LogP contribution in [-0.2, 0) is 17.2 Å². The fourth-order valence-electron chi connectivity index (χ4n) is 1.89. The molecule has 88 valence electrons. The van der Waals surface area contributed by atoms with Gasteiger partial charge in [-0.1, -0.05) is 20.8 Å². The molecule has 1 fully saturated rings. The average molecular weight is 223 g/mol. The van der Waals surface area contributed by atoms with Crippen LogP contribution in [-0.4, -0.2) is 22.4 Å². The van der Waals surface area contributed by atoms with Crippen molar-refractivity contribution in [3.8, 4) is 0 Å². The van der Waals surface area contributed by atoms with Gasteiger partial charge in [-0.3, -0.25) is 4.68 Å². The number of amides is 1. The van der Waals surface area contributed by atoms with Crippen molar-refractivity contribution >= 4 is 6.09 Å². The summed E-state index contributed by atoms with van der Waals surface area (Å²) in [6, 6.07) is 0. The fourth-order valence-corrected chi connectivity index (χ4v) is 1.89. The zero-order valence-electron chi connectivity index (χ0n) is 10.1. The van der Waals surface area contributed by atoms with E-state index in [-0.39, 0.29) is 17.6 Å². The minimum absolute atomic E-state index is 0.0500. The third-order valence-electron chi connectivity index (χ3n) is 2.60. The van der Waals surface area contributed by atoms with Crippen LogP contribution in [0.15, 0.2) is 6.20 Å². The predicted octanol–water partition coefficient (Wildman–Crippen LogP) is 1.50. The number of nitrogens with zero attached hydrogens (tertiary/aromatic N) is 2. The second-order valence-corrected chi connectivity index (χ2v) is 5.13. The molecule has 0 aliphatic carbocycles. The molecule has 0 spiro atoms. The van der Waals surface area contributed by atoms with Crippen LogP contribution in [0, 0.1) is 0 Å². The molecule has 1 saturated heterocycles. The molecule has 0 bridgehead atoms. The summed E-state index contributed by atoms with van der Waals surface area (Å²) in [6.45, 7) is 6.82. The minimum atomic E-state index is -0.353. The van der Waals surface area contributed by atoms with E-state index in [0.717, 1.165) is 11.3 Å². The monoisotopic (exact) mass is 223 g/mol. The molecule has 1 amide bonds. The van der Waals surface area contributed by atoms with Gasteiger partial charge in [-0.05, 0) is 0 Å². The number of aromatic nitrogens is 2. The number of ether oxygens (including phenoxy) is 1. The molecule has 0 aromatic carbocycles. The molecule has 1 unspecified atom stereocenters. The maximum atomic E-state index is 11.0. The Labute approximate surface area is 94.8 Å². The van der Waals surface area contributed by atoms with E-state index in [1.54, 1.807) is 4.68 Å². The van der Waals surface area contributed by atoms with Gasteiger partial charge in [-0.25, -0.2) is 4.79 Å². The number of hydrogen-bond acceptors (Lipinski definition) is 3. The van der Waals surface area contributed by atoms with Crippen LogP contribution in [0.3, 0.4) is 0 Å². The summed E-state index contributed by atoms with van der Waals surface area (Å²) in [5.41, 5.74) is 1.93. The summed E-state index contributed by atoms with van der Waals surface area (Å²) >= 11 is 0. The second-order valence-electron chi connectivity index (χ2n) is 5.13. The number of nitrogens with one attached hydrogen (secondary N) is 1. The van der Waals surface area contributed by atoms with E-state index >= 15 is 0 Å². The van der Waals surface area contributed by atoms with Gasteiger partial charge in [0.05, 0.1) is 12.2 Å². The topological polar surface area (TPSA) is 56.2 Å². The normalized spacial score (nSPS) is 20.8. The van der Waals surface area contributed by atoms with Crippen molar-refractivity contribution in [3.05, 3.63) is 17.5 Å². The van der Waals surface area contributed by atoms with Gasteiger partial charge in [-0.15, -0.1) is 0 Å². The molecule has 5 heteroatoms. The quantitative estimate of drug-likeness (QED) is 0.785. The average Bonchev–Trinajstić information content (AvgIpc) is 2.70. The van der Waals surface area contributed by atoms with Gasteiger partial charge in [0.15, 0.2) is 0 Å². The molecule has 0 radical (unpaired) electrons. The van der Waals surface area contributed by atoms with E-state index < -0.39 is 0 Å². The Kier molecular flexibility index (Phi) is 2.40. The molecule has 2 rings (SSSR count). The summed E-state index contributed by atoms with van der Waals surface area (Å²) in [5.74, 6) is 0. The lowest BCUT2D eigenvalue weighted by molar-refractivity contribution is 0.140. The summed E-state index contributed by atoms with van der Waals surface area (Å²) in [6.07, 6.45) is 1.36. The van der Waals surface area contributed by atoms with E-state index in [4.69, 9.17) is 4.74 Å². The third-order valence-corrected chi connectivity index (χ3v) is 2.60. The Morgan fingerprint density at radius 1 is 1.56 bits per heavy atom. The van der Waals surface area contributed by atoms with Gasteiger partial charge < -0.3 is 10.1 Å². The Morgan fingerprint density at radius 2 is 2.25 bits per heavy atom. The van der Waals surface area contributed by atoms with Gasteiger partial charge in [0.1, 0.15) is 6.10 Å². The highest BCUT2D eigenvalue weighted by Gasteiger charge is 2.32. The zero-order valence-corrected chi connectivity index (χ0v) is 10.1. The zero-order chi connectivity index (χ0) is 11.9. The van der Waals surface area contributed by atoms with Crippen LogP contribution in [0.5, 0.6) is 0 Å². The number of cyclic esters (lactones) is 1. The van der Waals surface area contributed by atoms with Gasteiger partial charge in [0.2, 0.25) is 0 Å². The molecule has 1 aromatic rings. The first-order valence-corrected chi connectivity index (χ1v) is 5.36. The molecule has 1 aromatic heterocycles. The van der Waals surface area contributed by atoms with Crippen molar-refractivity contribution in [1.82, 2.24) is 15.1 Å². The first-order chi connectivity index (χ1) is 7.38. The van der Waals surface area contributed by atoms with Crippen LogP contribution in [0.4, 0.5) is 4.79 Å². The molecule has 5 nitrogen and oxygen atoms in total. The van der Waals surface area contributed by atoms with Crippen LogP contribution in [0.2, 0.25) is 0 Å². The largest absolute Gasteiger partial charge is 0.439 e. The molecule has 1 aliphatic rings. The minimum Gasteiger partial charge on any atom is -0.439 e.